The molecule has 0 N–H and O–H groups in total. The van der Waals surface area contributed by atoms with Gasteiger partial charge in [-0.05, 0) is 43.7 Å². The minimum absolute atomic E-state index is 0.185. The van der Waals surface area contributed by atoms with Crippen molar-refractivity contribution in [1.82, 2.24) is 25.1 Å². The summed E-state index contributed by atoms with van der Waals surface area (Å²) in [6, 6.07) is 6.52. The highest BCUT2D eigenvalue weighted by atomic mass is 19.1. The van der Waals surface area contributed by atoms with Crippen molar-refractivity contribution < 1.29 is 13.7 Å². The first-order chi connectivity index (χ1) is 13.6. The van der Waals surface area contributed by atoms with Gasteiger partial charge in [-0.2, -0.15) is 4.98 Å². The predicted molar refractivity (Wildman–Crippen MR) is 100.0 cm³/mol. The summed E-state index contributed by atoms with van der Waals surface area (Å²) < 4.78 is 23.9. The van der Waals surface area contributed by atoms with Crippen LogP contribution in [0.4, 0.5) is 4.39 Å². The Morgan fingerprint density at radius 3 is 2.57 bits per heavy atom. The lowest BCUT2D eigenvalue weighted by atomic mass is 10.0. The summed E-state index contributed by atoms with van der Waals surface area (Å²) >= 11 is 0. The number of rotatable bonds is 4. The second-order valence-corrected chi connectivity index (χ2v) is 6.15. The predicted octanol–water partition coefficient (Wildman–Crippen LogP) is 4.02. The van der Waals surface area contributed by atoms with Crippen molar-refractivity contribution in [3.05, 3.63) is 59.9 Å². The molecule has 0 aliphatic rings. The van der Waals surface area contributed by atoms with Gasteiger partial charge in [-0.1, -0.05) is 5.16 Å². The van der Waals surface area contributed by atoms with E-state index in [0.717, 1.165) is 22.9 Å². The van der Waals surface area contributed by atoms with Crippen LogP contribution in [0, 0.1) is 19.7 Å². The van der Waals surface area contributed by atoms with Crippen LogP contribution in [0.3, 0.4) is 0 Å². The molecule has 0 saturated carbocycles. The lowest BCUT2D eigenvalue weighted by Crippen LogP contribution is -1.98. The van der Waals surface area contributed by atoms with Gasteiger partial charge in [0.15, 0.2) is 0 Å². The van der Waals surface area contributed by atoms with Gasteiger partial charge < -0.3 is 9.26 Å². The molecule has 0 fully saturated rings. The number of hydrogen-bond donors (Lipinski definition) is 0. The summed E-state index contributed by atoms with van der Waals surface area (Å²) in [5.41, 5.74) is 4.40. The molecule has 4 rings (SSSR count). The van der Waals surface area contributed by atoms with E-state index >= 15 is 0 Å². The maximum absolute atomic E-state index is 13.1. The third-order valence-electron chi connectivity index (χ3n) is 4.28. The molecule has 0 saturated heterocycles. The number of halogens is 1. The van der Waals surface area contributed by atoms with E-state index < -0.39 is 5.82 Å². The number of hydrogen-bond acceptors (Lipinski definition) is 7. The van der Waals surface area contributed by atoms with Crippen molar-refractivity contribution in [3.8, 4) is 40.0 Å². The van der Waals surface area contributed by atoms with Crippen LogP contribution in [0.1, 0.15) is 11.3 Å². The minimum atomic E-state index is -0.438. The molecule has 0 radical (unpaired) electrons. The van der Waals surface area contributed by atoms with Gasteiger partial charge in [0.2, 0.25) is 5.82 Å². The molecule has 140 valence electrons. The van der Waals surface area contributed by atoms with Gasteiger partial charge in [0.25, 0.3) is 5.89 Å². The first-order valence-electron chi connectivity index (χ1n) is 8.49. The Kier molecular flexibility index (Phi) is 4.52. The first-order valence-corrected chi connectivity index (χ1v) is 8.49. The Morgan fingerprint density at radius 1 is 1.00 bits per heavy atom. The normalized spacial score (nSPS) is 10.9. The first kappa shape index (κ1) is 17.7. The van der Waals surface area contributed by atoms with Gasteiger partial charge in [-0.25, -0.2) is 14.4 Å². The van der Waals surface area contributed by atoms with E-state index in [9.17, 15) is 4.39 Å². The second-order valence-electron chi connectivity index (χ2n) is 6.15. The molecule has 0 unspecified atom stereocenters. The van der Waals surface area contributed by atoms with Crippen LogP contribution in [0.2, 0.25) is 0 Å². The van der Waals surface area contributed by atoms with E-state index in [2.05, 4.69) is 25.1 Å². The van der Waals surface area contributed by atoms with Crippen LogP contribution in [0.15, 0.2) is 47.4 Å². The van der Waals surface area contributed by atoms with E-state index in [1.807, 2.05) is 26.0 Å². The molecular formula is C20H16FN5O2. The Hall–Kier alpha value is -3.68. The third kappa shape index (κ3) is 3.20. The number of methoxy groups -OCH3 is 1. The lowest BCUT2D eigenvalue weighted by molar-refractivity contribution is 0.411. The summed E-state index contributed by atoms with van der Waals surface area (Å²) in [5.74, 6) is 0.704. The van der Waals surface area contributed by atoms with Crippen LogP contribution in [0.25, 0.3) is 34.2 Å². The average Bonchev–Trinajstić information content (AvgIpc) is 3.18. The van der Waals surface area contributed by atoms with Gasteiger partial charge in [-0.15, -0.1) is 0 Å². The van der Waals surface area contributed by atoms with Gasteiger partial charge in [-0.3, -0.25) is 4.98 Å². The molecule has 28 heavy (non-hydrogen) atoms. The Labute approximate surface area is 160 Å². The van der Waals surface area contributed by atoms with Crippen LogP contribution in [-0.2, 0) is 0 Å². The molecule has 0 aliphatic carbocycles. The van der Waals surface area contributed by atoms with Gasteiger partial charge >= 0.3 is 0 Å². The third-order valence-corrected chi connectivity index (χ3v) is 4.28. The Bertz CT molecular complexity index is 1140. The smallest absolute Gasteiger partial charge is 0.276 e. The summed E-state index contributed by atoms with van der Waals surface area (Å²) in [4.78, 5) is 17.1. The fourth-order valence-electron chi connectivity index (χ4n) is 2.91. The summed E-state index contributed by atoms with van der Waals surface area (Å²) in [7, 11) is 1.60. The standard InChI is InChI=1S/C20H16FN5O2/c1-11-6-7-22-10-15(11)14-8-17(24-12(2)18(14)27-3)19-25-20(28-26-19)16-5-4-13(21)9-23-16/h4-10H,1-3H3. The Morgan fingerprint density at radius 2 is 1.86 bits per heavy atom. The molecule has 7 nitrogen and oxygen atoms in total. The monoisotopic (exact) mass is 377 g/mol. The highest BCUT2D eigenvalue weighted by Crippen LogP contribution is 2.36. The molecule has 0 spiro atoms. The fraction of sp³-hybridized carbons (Fsp3) is 0.150. The molecule has 4 aromatic rings. The van der Waals surface area contributed by atoms with Crippen molar-refractivity contribution in [2.45, 2.75) is 13.8 Å². The molecule has 0 aliphatic heterocycles. The number of pyridine rings is 3. The number of ether oxygens (including phenoxy) is 1. The average molecular weight is 377 g/mol. The molecule has 0 bridgehead atoms. The number of aryl methyl sites for hydroxylation is 2. The second kappa shape index (κ2) is 7.15. The minimum Gasteiger partial charge on any atom is -0.494 e. The molecule has 4 heterocycles. The molecule has 8 heteroatoms. The van der Waals surface area contributed by atoms with Gasteiger partial charge in [0.1, 0.15) is 23.0 Å². The van der Waals surface area contributed by atoms with Crippen molar-refractivity contribution >= 4 is 0 Å². The number of aromatic nitrogens is 5. The lowest BCUT2D eigenvalue weighted by Gasteiger charge is -2.13. The van der Waals surface area contributed by atoms with Crippen LogP contribution in [-0.4, -0.2) is 32.2 Å². The summed E-state index contributed by atoms with van der Waals surface area (Å²) in [6.07, 6.45) is 4.61. The van der Waals surface area contributed by atoms with E-state index in [1.165, 1.54) is 12.1 Å². The van der Waals surface area contributed by atoms with Crippen LogP contribution >= 0.6 is 0 Å². The summed E-state index contributed by atoms with van der Waals surface area (Å²) in [5, 5.41) is 4.00. The quantitative estimate of drug-likeness (QED) is 0.531. The Balaban J connectivity index is 1.81. The van der Waals surface area contributed by atoms with Gasteiger partial charge in [0.05, 0.1) is 19.0 Å². The van der Waals surface area contributed by atoms with E-state index in [4.69, 9.17) is 9.26 Å². The van der Waals surface area contributed by atoms with E-state index in [0.29, 0.717) is 28.7 Å². The van der Waals surface area contributed by atoms with E-state index in [-0.39, 0.29) is 5.89 Å². The van der Waals surface area contributed by atoms with Gasteiger partial charge in [0, 0.05) is 23.5 Å². The van der Waals surface area contributed by atoms with E-state index in [1.54, 1.807) is 19.5 Å². The fourth-order valence-corrected chi connectivity index (χ4v) is 2.91. The van der Waals surface area contributed by atoms with Crippen molar-refractivity contribution in [2.75, 3.05) is 7.11 Å². The van der Waals surface area contributed by atoms with Crippen LogP contribution in [0.5, 0.6) is 5.75 Å². The number of nitrogens with zero attached hydrogens (tertiary/aromatic N) is 5. The molecule has 0 atom stereocenters. The summed E-state index contributed by atoms with van der Waals surface area (Å²) in [6.45, 7) is 3.85. The molecule has 0 aromatic carbocycles. The van der Waals surface area contributed by atoms with Crippen molar-refractivity contribution in [3.63, 3.8) is 0 Å². The topological polar surface area (TPSA) is 86.8 Å². The zero-order valence-corrected chi connectivity index (χ0v) is 15.5. The van der Waals surface area contributed by atoms with Crippen LogP contribution < -0.4 is 4.74 Å². The maximum Gasteiger partial charge on any atom is 0.276 e. The van der Waals surface area contributed by atoms with Crippen molar-refractivity contribution in [1.29, 1.82) is 0 Å². The maximum atomic E-state index is 13.1. The highest BCUT2D eigenvalue weighted by molar-refractivity contribution is 5.77. The SMILES string of the molecule is COc1c(-c2cnccc2C)cc(-c2noc(-c3ccc(F)cn3)n2)nc1C. The zero-order chi connectivity index (χ0) is 19.7. The molecule has 0 amide bonds. The highest BCUT2D eigenvalue weighted by Gasteiger charge is 2.19. The molecule has 4 aromatic heterocycles. The zero-order valence-electron chi connectivity index (χ0n) is 15.5. The van der Waals surface area contributed by atoms with Crippen molar-refractivity contribution in [2.24, 2.45) is 0 Å². The molecular weight excluding hydrogens is 361 g/mol. The largest absolute Gasteiger partial charge is 0.494 e.